The Labute approximate surface area is 221 Å². The van der Waals surface area contributed by atoms with E-state index < -0.39 is 31.3 Å². The summed E-state index contributed by atoms with van der Waals surface area (Å²) >= 11 is 0. The Morgan fingerprint density at radius 3 is 0.829 bits per heavy atom. The fourth-order valence-electron chi connectivity index (χ4n) is 2.98. The van der Waals surface area contributed by atoms with Gasteiger partial charge < -0.3 is 14.6 Å². The molecule has 0 aromatic rings. The van der Waals surface area contributed by atoms with Crippen LogP contribution in [-0.4, -0.2) is 71.9 Å². The molecule has 0 spiro atoms. The molecule has 0 aliphatic rings. The molecule has 35 heavy (non-hydrogen) atoms. The van der Waals surface area contributed by atoms with Crippen molar-refractivity contribution in [3.63, 3.8) is 0 Å². The second-order valence-electron chi connectivity index (χ2n) is 8.42. The van der Waals surface area contributed by atoms with Crippen molar-refractivity contribution in [3.8, 4) is 0 Å². The number of hydrogen-bond donors (Lipinski definition) is 0. The molecule has 0 rings (SSSR count). The zero-order valence-corrected chi connectivity index (χ0v) is 26.0. The van der Waals surface area contributed by atoms with Gasteiger partial charge in [-0.2, -0.15) is 26.3 Å². The molecule has 0 radical (unpaired) electrons. The van der Waals surface area contributed by atoms with Gasteiger partial charge in [-0.15, -0.1) is 0 Å². The van der Waals surface area contributed by atoms with Crippen molar-refractivity contribution >= 4 is 36.1 Å². The van der Waals surface area contributed by atoms with Crippen molar-refractivity contribution in [1.82, 2.24) is 0 Å². The summed E-state index contributed by atoms with van der Waals surface area (Å²) in [7, 11) is -12.4. The quantitative estimate of drug-likeness (QED) is 0.0902. The summed E-state index contributed by atoms with van der Waals surface area (Å²) < 4.78 is 118. The van der Waals surface area contributed by atoms with Crippen molar-refractivity contribution < 1.29 is 78.2 Å². The first-order valence-electron chi connectivity index (χ1n) is 10.0. The molecule has 0 saturated heterocycles. The Bertz CT molecular complexity index is 667. The molecule has 0 aliphatic carbocycles. The molecular formula is C17H39F6O7P2PdS2+3. The Hall–Kier alpha value is 0.882. The minimum atomic E-state index is -6.09. The molecule has 18 heteroatoms. The molecule has 0 saturated carbocycles. The van der Waals surface area contributed by atoms with Gasteiger partial charge in [0.15, 0.2) is 20.2 Å². The molecule has 0 amide bonds. The first kappa shape index (κ1) is 45.8. The van der Waals surface area contributed by atoms with Crippen LogP contribution < -0.4 is 0 Å². The third-order valence-electron chi connectivity index (χ3n) is 4.46. The van der Waals surface area contributed by atoms with Crippen molar-refractivity contribution in [1.29, 1.82) is 0 Å². The molecule has 0 bridgehead atoms. The van der Waals surface area contributed by atoms with Gasteiger partial charge in [0.2, 0.25) is 0 Å². The average molecular weight is 702 g/mol. The van der Waals surface area contributed by atoms with Gasteiger partial charge in [0.1, 0.15) is 0 Å². The molecule has 0 aromatic carbocycles. The fraction of sp³-hybridized carbons (Fsp3) is 1.00. The second-order valence-corrected chi connectivity index (χ2v) is 19.1. The van der Waals surface area contributed by atoms with Gasteiger partial charge in [0, 0.05) is 22.3 Å². The van der Waals surface area contributed by atoms with Crippen molar-refractivity contribution in [3.05, 3.63) is 0 Å². The fourth-order valence-corrected chi connectivity index (χ4v) is 9.48. The predicted molar refractivity (Wildman–Crippen MR) is 128 cm³/mol. The molecule has 0 atom stereocenters. The smallest absolute Gasteiger partial charge is 0.741 e. The summed E-state index contributed by atoms with van der Waals surface area (Å²) in [6, 6.07) is 0. The van der Waals surface area contributed by atoms with Crippen molar-refractivity contribution in [2.45, 2.75) is 95.5 Å². The van der Waals surface area contributed by atoms with Crippen LogP contribution in [0.4, 0.5) is 26.3 Å². The van der Waals surface area contributed by atoms with Gasteiger partial charge in [-0.25, -0.2) is 16.8 Å². The topological polar surface area (TPSA) is 147 Å². The van der Waals surface area contributed by atoms with E-state index in [9.17, 15) is 26.3 Å². The van der Waals surface area contributed by atoms with E-state index in [1.165, 1.54) is 6.42 Å². The van der Waals surface area contributed by atoms with Crippen LogP contribution in [0.15, 0.2) is 0 Å². The maximum Gasteiger partial charge on any atom is 2.00 e. The van der Waals surface area contributed by atoms with Crippen LogP contribution in [0.5, 0.6) is 0 Å². The van der Waals surface area contributed by atoms with Crippen LogP contribution in [-0.2, 0) is 46.1 Å². The van der Waals surface area contributed by atoms with E-state index in [0.29, 0.717) is 0 Å². The average Bonchev–Trinajstić information content (AvgIpc) is 2.50. The monoisotopic (exact) mass is 701 g/mol. The van der Waals surface area contributed by atoms with Gasteiger partial charge in [0.05, 0.1) is 35.0 Å². The summed E-state index contributed by atoms with van der Waals surface area (Å²) in [4.78, 5) is 0. The zero-order chi connectivity index (χ0) is 27.6. The first-order valence-corrected chi connectivity index (χ1v) is 16.6. The first-order chi connectivity index (χ1) is 14.3. The van der Waals surface area contributed by atoms with E-state index in [1.54, 1.807) is 12.3 Å². The standard InChI is InChI=1S/C15H34P2.2CHF3O3S.H2O.Pd/c1-12(2)16(13(3)4)10-9-11-17(14(5)6)15(7)8;2*2-1(3,4)8(5,6)7;;/h12-15H,9-11H2,1-8H3;2*(H,5,6,7);1H2;/q;;;;+2/p+1. The van der Waals surface area contributed by atoms with Crippen LogP contribution in [0.3, 0.4) is 0 Å². The van der Waals surface area contributed by atoms with Crippen LogP contribution in [0.25, 0.3) is 0 Å². The minimum Gasteiger partial charge on any atom is -0.741 e. The van der Waals surface area contributed by atoms with Gasteiger partial charge in [-0.05, 0) is 55.4 Å². The molecule has 0 fully saturated rings. The Morgan fingerprint density at radius 1 is 0.600 bits per heavy atom. The maximum absolute atomic E-state index is 10.7. The van der Waals surface area contributed by atoms with E-state index in [1.807, 2.05) is 0 Å². The molecule has 0 aliphatic heterocycles. The van der Waals surface area contributed by atoms with Crippen LogP contribution in [0.1, 0.15) is 61.8 Å². The Balaban J connectivity index is -0.000000141. The third-order valence-corrected chi connectivity index (χ3v) is 13.4. The number of alkyl halides is 6. The van der Waals surface area contributed by atoms with Crippen LogP contribution in [0.2, 0.25) is 0 Å². The normalized spacial score (nSPS) is 12.7. The van der Waals surface area contributed by atoms with E-state index in [2.05, 4.69) is 55.4 Å². The summed E-state index contributed by atoms with van der Waals surface area (Å²) in [5.74, 6) is 0. The van der Waals surface area contributed by atoms with Crippen LogP contribution in [0, 0.1) is 0 Å². The summed E-state index contributed by atoms with van der Waals surface area (Å²) in [5, 5.41) is 0. The van der Waals surface area contributed by atoms with Crippen LogP contribution >= 0.6 is 15.8 Å². The minimum absolute atomic E-state index is 0. The third kappa shape index (κ3) is 22.6. The van der Waals surface area contributed by atoms with Gasteiger partial charge in [-0.1, -0.05) is 0 Å². The molecule has 3 N–H and O–H groups in total. The van der Waals surface area contributed by atoms with E-state index >= 15 is 0 Å². The van der Waals surface area contributed by atoms with Crippen molar-refractivity contribution in [2.75, 3.05) is 12.3 Å². The molecule has 0 aromatic heterocycles. The molecule has 220 valence electrons. The Kier molecular flexibility index (Phi) is 24.9. The van der Waals surface area contributed by atoms with Gasteiger partial charge in [-0.3, -0.25) is 0 Å². The maximum atomic E-state index is 10.7. The van der Waals surface area contributed by atoms with E-state index in [0.717, 1.165) is 22.6 Å². The predicted octanol–water partition coefficient (Wildman–Crippen LogP) is 4.62. The van der Waals surface area contributed by atoms with Crippen molar-refractivity contribution in [2.24, 2.45) is 0 Å². The number of halogens is 6. The SMILES string of the molecule is CC(C)[PH+](CCC[PH+](C(C)C)C(C)C)C(C)C.O=S(=O)([O-])C(F)(F)F.O=S(=O)([O-])C(F)(F)F.[OH3+].[Pd+2]. The van der Waals surface area contributed by atoms with Gasteiger partial charge in [0.25, 0.3) is 0 Å². The molecule has 7 nitrogen and oxygen atoms in total. The number of hydrogen-bond acceptors (Lipinski definition) is 6. The summed E-state index contributed by atoms with van der Waals surface area (Å²) in [6.45, 7) is 19.5. The summed E-state index contributed by atoms with van der Waals surface area (Å²) in [5.41, 5.74) is -7.48. The van der Waals surface area contributed by atoms with E-state index in [-0.39, 0.29) is 41.7 Å². The summed E-state index contributed by atoms with van der Waals surface area (Å²) in [6.07, 6.45) is 4.61. The van der Waals surface area contributed by atoms with Gasteiger partial charge >= 0.3 is 31.4 Å². The molecule has 0 heterocycles. The zero-order valence-electron chi connectivity index (χ0n) is 20.9. The largest absolute Gasteiger partial charge is 2.00 e. The molecular weight excluding hydrogens is 663 g/mol. The van der Waals surface area contributed by atoms with E-state index in [4.69, 9.17) is 25.9 Å². The second kappa shape index (κ2) is 19.0. The Morgan fingerprint density at radius 2 is 0.743 bits per heavy atom. The number of rotatable bonds is 8. The molecule has 0 unspecified atom stereocenters.